The van der Waals surface area contributed by atoms with Gasteiger partial charge in [0.1, 0.15) is 11.6 Å². The Morgan fingerprint density at radius 1 is 1.38 bits per heavy atom. The number of nitrogens with zero attached hydrogens (tertiary/aromatic N) is 1. The van der Waals surface area contributed by atoms with Crippen molar-refractivity contribution in [1.82, 2.24) is 4.98 Å². The highest BCUT2D eigenvalue weighted by atomic mass is 35.5. The molecule has 0 saturated heterocycles. The Bertz CT molecular complexity index is 601. The first-order chi connectivity index (χ1) is 7.50. The van der Waals surface area contributed by atoms with Gasteiger partial charge in [0.25, 0.3) is 0 Å². The number of aromatic carboxylic acids is 1. The first-order valence-corrected chi connectivity index (χ1v) is 4.55. The lowest BCUT2D eigenvalue weighted by Gasteiger charge is -2.04. The Kier molecular flexibility index (Phi) is 2.47. The number of pyridine rings is 1. The van der Waals surface area contributed by atoms with Crippen LogP contribution in [0.3, 0.4) is 0 Å². The Morgan fingerprint density at radius 3 is 2.69 bits per heavy atom. The van der Waals surface area contributed by atoms with Crippen LogP contribution in [0.4, 0.5) is 8.78 Å². The third-order valence-corrected chi connectivity index (χ3v) is 2.45. The van der Waals surface area contributed by atoms with Gasteiger partial charge in [0.2, 0.25) is 0 Å². The molecule has 0 atom stereocenters. The lowest BCUT2D eigenvalue weighted by atomic mass is 10.1. The average Bonchev–Trinajstić information content (AvgIpc) is 2.15. The van der Waals surface area contributed by atoms with E-state index in [9.17, 15) is 13.6 Å². The summed E-state index contributed by atoms with van der Waals surface area (Å²) in [7, 11) is 0. The zero-order valence-corrected chi connectivity index (χ0v) is 8.42. The van der Waals surface area contributed by atoms with Gasteiger partial charge in [0, 0.05) is 18.3 Å². The molecule has 0 saturated carbocycles. The zero-order chi connectivity index (χ0) is 11.9. The van der Waals surface area contributed by atoms with Crippen molar-refractivity contribution in [2.75, 3.05) is 0 Å². The van der Waals surface area contributed by atoms with E-state index in [0.29, 0.717) is 6.07 Å². The van der Waals surface area contributed by atoms with Crippen LogP contribution in [0.5, 0.6) is 0 Å². The second kappa shape index (κ2) is 3.68. The van der Waals surface area contributed by atoms with Crippen LogP contribution < -0.4 is 0 Å². The van der Waals surface area contributed by atoms with Crippen LogP contribution >= 0.6 is 11.6 Å². The van der Waals surface area contributed by atoms with Crippen LogP contribution in [0.1, 0.15) is 10.4 Å². The molecule has 2 rings (SSSR count). The normalized spacial score (nSPS) is 10.7. The standard InChI is InChI=1S/C10H4ClF2NO2/c11-9-5(10(15)16)3-14-7-2-4(12)1-6(13)8(7)9/h1-3H,(H,15,16). The maximum atomic E-state index is 13.4. The van der Waals surface area contributed by atoms with Crippen molar-refractivity contribution >= 4 is 28.5 Å². The van der Waals surface area contributed by atoms with Gasteiger partial charge in [-0.05, 0) is 0 Å². The highest BCUT2D eigenvalue weighted by Gasteiger charge is 2.16. The predicted octanol–water partition coefficient (Wildman–Crippen LogP) is 2.86. The van der Waals surface area contributed by atoms with Gasteiger partial charge in [0.05, 0.1) is 21.5 Å². The monoisotopic (exact) mass is 243 g/mol. The fourth-order valence-electron chi connectivity index (χ4n) is 1.35. The first kappa shape index (κ1) is 10.8. The molecule has 1 heterocycles. The summed E-state index contributed by atoms with van der Waals surface area (Å²) in [6.45, 7) is 0. The van der Waals surface area contributed by atoms with Crippen molar-refractivity contribution in [3.05, 3.63) is 40.6 Å². The molecule has 3 nitrogen and oxygen atoms in total. The van der Waals surface area contributed by atoms with Gasteiger partial charge < -0.3 is 5.11 Å². The highest BCUT2D eigenvalue weighted by Crippen LogP contribution is 2.28. The van der Waals surface area contributed by atoms with Gasteiger partial charge >= 0.3 is 5.97 Å². The summed E-state index contributed by atoms with van der Waals surface area (Å²) in [5.41, 5.74) is -0.341. The molecule has 6 heteroatoms. The van der Waals surface area contributed by atoms with Crippen LogP contribution in [0.2, 0.25) is 5.02 Å². The Hall–Kier alpha value is -1.75. The third kappa shape index (κ3) is 1.59. The molecule has 1 N–H and O–H groups in total. The van der Waals surface area contributed by atoms with E-state index in [2.05, 4.69) is 4.98 Å². The average molecular weight is 244 g/mol. The minimum atomic E-state index is -1.32. The zero-order valence-electron chi connectivity index (χ0n) is 7.67. The van der Waals surface area contributed by atoms with E-state index in [1.807, 2.05) is 0 Å². The third-order valence-electron chi connectivity index (χ3n) is 2.05. The molecule has 1 aromatic heterocycles. The van der Waals surface area contributed by atoms with E-state index in [-0.39, 0.29) is 21.5 Å². The smallest absolute Gasteiger partial charge is 0.338 e. The number of fused-ring (bicyclic) bond motifs is 1. The lowest BCUT2D eigenvalue weighted by Crippen LogP contribution is -2.00. The highest BCUT2D eigenvalue weighted by molar-refractivity contribution is 6.38. The van der Waals surface area contributed by atoms with E-state index in [1.54, 1.807) is 0 Å². The molecule has 2 aromatic rings. The molecule has 0 radical (unpaired) electrons. The number of carboxylic acids is 1. The van der Waals surface area contributed by atoms with Crippen molar-refractivity contribution in [2.45, 2.75) is 0 Å². The molecule has 0 unspecified atom stereocenters. The van der Waals surface area contributed by atoms with Crippen molar-refractivity contribution in [1.29, 1.82) is 0 Å². The molecule has 1 aromatic carbocycles. The number of hydrogen-bond donors (Lipinski definition) is 1. The summed E-state index contributed by atoms with van der Waals surface area (Å²) in [6, 6.07) is 1.61. The summed E-state index contributed by atoms with van der Waals surface area (Å²) in [5, 5.41) is 8.28. The minimum absolute atomic E-state index is 0.0208. The SMILES string of the molecule is O=C(O)c1cnc2cc(F)cc(F)c2c1Cl. The quantitative estimate of drug-likeness (QED) is 0.838. The molecule has 0 amide bonds. The van der Waals surface area contributed by atoms with Gasteiger partial charge in [-0.2, -0.15) is 0 Å². The van der Waals surface area contributed by atoms with Crippen LogP contribution in [0, 0.1) is 11.6 Å². The van der Waals surface area contributed by atoms with Crippen molar-refractivity contribution in [3.63, 3.8) is 0 Å². The Labute approximate surface area is 93.3 Å². The number of carbonyl (C=O) groups is 1. The van der Waals surface area contributed by atoms with E-state index in [4.69, 9.17) is 16.7 Å². The van der Waals surface area contributed by atoms with Gasteiger partial charge in [-0.25, -0.2) is 13.6 Å². The topological polar surface area (TPSA) is 50.2 Å². The molecule has 0 aliphatic carbocycles. The van der Waals surface area contributed by atoms with Crippen molar-refractivity contribution in [3.8, 4) is 0 Å². The lowest BCUT2D eigenvalue weighted by molar-refractivity contribution is 0.0697. The number of halogens is 3. The van der Waals surface area contributed by atoms with E-state index in [0.717, 1.165) is 12.3 Å². The van der Waals surface area contributed by atoms with Gasteiger partial charge in [-0.1, -0.05) is 11.6 Å². The number of hydrogen-bond acceptors (Lipinski definition) is 2. The summed E-state index contributed by atoms with van der Waals surface area (Å²) in [6.07, 6.45) is 0.964. The molecule has 0 spiro atoms. The fraction of sp³-hybridized carbons (Fsp3) is 0. The maximum absolute atomic E-state index is 13.4. The second-order valence-corrected chi connectivity index (χ2v) is 3.45. The molecule has 0 aliphatic rings. The minimum Gasteiger partial charge on any atom is -0.478 e. The summed E-state index contributed by atoms with van der Waals surface area (Å²) in [4.78, 5) is 14.4. The second-order valence-electron chi connectivity index (χ2n) is 3.07. The first-order valence-electron chi connectivity index (χ1n) is 4.17. The van der Waals surface area contributed by atoms with E-state index in [1.165, 1.54) is 0 Å². The van der Waals surface area contributed by atoms with Crippen LogP contribution in [-0.4, -0.2) is 16.1 Å². The van der Waals surface area contributed by atoms with Crippen LogP contribution in [0.25, 0.3) is 10.9 Å². The fourth-order valence-corrected chi connectivity index (χ4v) is 1.67. The molecular weight excluding hydrogens is 240 g/mol. The largest absolute Gasteiger partial charge is 0.478 e. The molecule has 0 aliphatic heterocycles. The summed E-state index contributed by atoms with van der Waals surface area (Å²) in [5.74, 6) is -3.05. The van der Waals surface area contributed by atoms with Gasteiger partial charge in [-0.15, -0.1) is 0 Å². The van der Waals surface area contributed by atoms with Gasteiger partial charge in [0.15, 0.2) is 0 Å². The predicted molar refractivity (Wildman–Crippen MR) is 53.6 cm³/mol. The van der Waals surface area contributed by atoms with Crippen LogP contribution in [-0.2, 0) is 0 Å². The molecular formula is C10H4ClF2NO2. The Balaban J connectivity index is 2.89. The number of aromatic nitrogens is 1. The number of carboxylic acid groups (broad SMARTS) is 1. The maximum Gasteiger partial charge on any atom is 0.338 e. The summed E-state index contributed by atoms with van der Waals surface area (Å²) >= 11 is 5.71. The van der Waals surface area contributed by atoms with Crippen molar-refractivity contribution < 1.29 is 18.7 Å². The molecule has 0 fully saturated rings. The van der Waals surface area contributed by atoms with Crippen LogP contribution in [0.15, 0.2) is 18.3 Å². The summed E-state index contributed by atoms with van der Waals surface area (Å²) < 4.78 is 26.2. The number of rotatable bonds is 1. The molecule has 0 bridgehead atoms. The Morgan fingerprint density at radius 2 is 2.06 bits per heavy atom. The van der Waals surface area contributed by atoms with Crippen molar-refractivity contribution in [2.24, 2.45) is 0 Å². The van der Waals surface area contributed by atoms with E-state index < -0.39 is 17.6 Å². The van der Waals surface area contributed by atoms with E-state index >= 15 is 0 Å². The molecule has 82 valence electrons. The number of benzene rings is 1. The van der Waals surface area contributed by atoms with Gasteiger partial charge in [-0.3, -0.25) is 4.98 Å². The molecule has 16 heavy (non-hydrogen) atoms.